The maximum absolute atomic E-state index is 5.46. The van der Waals surface area contributed by atoms with Crippen molar-refractivity contribution in [2.45, 2.75) is 51.1 Å². The van der Waals surface area contributed by atoms with Gasteiger partial charge in [-0.2, -0.15) is 16.3 Å². The molecule has 4 heterocycles. The molecule has 0 saturated carbocycles. The molecule has 2 bridgehead atoms. The predicted molar refractivity (Wildman–Crippen MR) is 78.7 cm³/mol. The zero-order chi connectivity index (χ0) is 13.5. The number of piperidine rings is 1. The van der Waals surface area contributed by atoms with E-state index in [1.165, 1.54) is 31.2 Å². The summed E-state index contributed by atoms with van der Waals surface area (Å²) in [6, 6.07) is 1.44. The molecule has 2 fully saturated rings. The van der Waals surface area contributed by atoms with Crippen LogP contribution in [0.5, 0.6) is 0 Å². The number of rotatable bonds is 3. The second-order valence-electron chi connectivity index (χ2n) is 6.16. The molecular formula is C15H19N3OS. The molecule has 0 radical (unpaired) electrons. The van der Waals surface area contributed by atoms with Gasteiger partial charge in [0.1, 0.15) is 0 Å². The lowest BCUT2D eigenvalue weighted by Crippen LogP contribution is -2.38. The van der Waals surface area contributed by atoms with Crippen LogP contribution in [0, 0.1) is 12.8 Å². The lowest BCUT2D eigenvalue weighted by Gasteiger charge is -2.27. The van der Waals surface area contributed by atoms with E-state index >= 15 is 0 Å². The van der Waals surface area contributed by atoms with E-state index in [0.717, 1.165) is 35.8 Å². The lowest BCUT2D eigenvalue weighted by molar-refractivity contribution is 0.270. The zero-order valence-corrected chi connectivity index (χ0v) is 12.4. The lowest BCUT2D eigenvalue weighted by atomic mass is 9.90. The second-order valence-corrected chi connectivity index (χ2v) is 6.90. The molecule has 2 unspecified atom stereocenters. The molecule has 20 heavy (non-hydrogen) atoms. The van der Waals surface area contributed by atoms with Crippen LogP contribution in [0.1, 0.15) is 37.1 Å². The van der Waals surface area contributed by atoms with Crippen molar-refractivity contribution in [2.24, 2.45) is 5.92 Å². The Morgan fingerprint density at radius 2 is 2.10 bits per heavy atom. The Hall–Kier alpha value is -1.20. The molecule has 2 saturated heterocycles. The average molecular weight is 289 g/mol. The minimum atomic E-state index is 0.700. The topological polar surface area (TPSA) is 51.0 Å². The molecule has 2 aromatic heterocycles. The van der Waals surface area contributed by atoms with Crippen LogP contribution in [0.4, 0.5) is 0 Å². The standard InChI is InChI=1S/C15H19N3OS/c1-9-7-20-8-13(9)15-17-14(19-18-15)6-10-4-11-2-3-12(5-10)16-11/h7-8,10-12,16H,2-6H2,1H3. The van der Waals surface area contributed by atoms with Crippen molar-refractivity contribution in [1.29, 1.82) is 0 Å². The monoisotopic (exact) mass is 289 g/mol. The highest BCUT2D eigenvalue weighted by atomic mass is 32.1. The fourth-order valence-electron chi connectivity index (χ4n) is 3.63. The summed E-state index contributed by atoms with van der Waals surface area (Å²) in [5, 5.41) is 12.0. The summed E-state index contributed by atoms with van der Waals surface area (Å²) in [5.41, 5.74) is 2.33. The first-order chi connectivity index (χ1) is 9.78. The van der Waals surface area contributed by atoms with Gasteiger partial charge in [-0.05, 0) is 49.5 Å². The van der Waals surface area contributed by atoms with E-state index in [-0.39, 0.29) is 0 Å². The molecule has 5 heteroatoms. The van der Waals surface area contributed by atoms with Crippen LogP contribution in [-0.4, -0.2) is 22.2 Å². The summed E-state index contributed by atoms with van der Waals surface area (Å²) in [4.78, 5) is 4.59. The zero-order valence-electron chi connectivity index (χ0n) is 11.6. The van der Waals surface area contributed by atoms with Crippen LogP contribution < -0.4 is 5.32 Å². The molecule has 2 aromatic rings. The number of aryl methyl sites for hydroxylation is 1. The Balaban J connectivity index is 1.47. The minimum absolute atomic E-state index is 0.700. The van der Waals surface area contributed by atoms with Crippen molar-refractivity contribution < 1.29 is 4.52 Å². The second kappa shape index (κ2) is 4.97. The molecular weight excluding hydrogens is 270 g/mol. The van der Waals surface area contributed by atoms with Crippen LogP contribution in [0.3, 0.4) is 0 Å². The quantitative estimate of drug-likeness (QED) is 0.943. The smallest absolute Gasteiger partial charge is 0.227 e. The van der Waals surface area contributed by atoms with Crippen LogP contribution in [-0.2, 0) is 6.42 Å². The third-order valence-electron chi connectivity index (χ3n) is 4.60. The first kappa shape index (κ1) is 12.5. The Kier molecular flexibility index (Phi) is 3.11. The van der Waals surface area contributed by atoms with E-state index in [1.807, 2.05) is 0 Å². The van der Waals surface area contributed by atoms with Crippen molar-refractivity contribution >= 4 is 11.3 Å². The number of thiophene rings is 1. The van der Waals surface area contributed by atoms with Crippen molar-refractivity contribution in [2.75, 3.05) is 0 Å². The van der Waals surface area contributed by atoms with Gasteiger partial charge in [-0.3, -0.25) is 0 Å². The van der Waals surface area contributed by atoms with Gasteiger partial charge in [0.05, 0.1) is 0 Å². The van der Waals surface area contributed by atoms with Crippen LogP contribution >= 0.6 is 11.3 Å². The summed E-state index contributed by atoms with van der Waals surface area (Å²) in [6.45, 7) is 2.09. The molecule has 2 atom stereocenters. The summed E-state index contributed by atoms with van der Waals surface area (Å²) in [5.74, 6) is 2.25. The summed E-state index contributed by atoms with van der Waals surface area (Å²) >= 11 is 1.68. The fraction of sp³-hybridized carbons (Fsp3) is 0.600. The highest BCUT2D eigenvalue weighted by Crippen LogP contribution is 2.33. The van der Waals surface area contributed by atoms with Gasteiger partial charge in [-0.15, -0.1) is 0 Å². The molecule has 0 aromatic carbocycles. The third kappa shape index (κ3) is 2.29. The maximum Gasteiger partial charge on any atom is 0.227 e. The minimum Gasteiger partial charge on any atom is -0.339 e. The van der Waals surface area contributed by atoms with Crippen LogP contribution in [0.25, 0.3) is 11.4 Å². The molecule has 0 amide bonds. The van der Waals surface area contributed by atoms with Gasteiger partial charge in [0, 0.05) is 29.4 Å². The molecule has 2 aliphatic rings. The molecule has 4 rings (SSSR count). The fourth-order valence-corrected chi connectivity index (χ4v) is 4.45. The highest BCUT2D eigenvalue weighted by Gasteiger charge is 2.34. The highest BCUT2D eigenvalue weighted by molar-refractivity contribution is 7.08. The number of nitrogens with zero attached hydrogens (tertiary/aromatic N) is 2. The molecule has 106 valence electrons. The number of fused-ring (bicyclic) bond motifs is 2. The van der Waals surface area contributed by atoms with Crippen LogP contribution in [0.2, 0.25) is 0 Å². The Bertz CT molecular complexity index is 594. The van der Waals surface area contributed by atoms with Crippen molar-refractivity contribution in [3.8, 4) is 11.4 Å². The summed E-state index contributed by atoms with van der Waals surface area (Å²) < 4.78 is 5.46. The molecule has 4 nitrogen and oxygen atoms in total. The average Bonchev–Trinajstić information content (AvgIpc) is 3.11. The van der Waals surface area contributed by atoms with Gasteiger partial charge < -0.3 is 9.84 Å². The predicted octanol–water partition coefficient (Wildman–Crippen LogP) is 3.18. The van der Waals surface area contributed by atoms with E-state index in [4.69, 9.17) is 4.52 Å². The van der Waals surface area contributed by atoms with E-state index in [0.29, 0.717) is 5.92 Å². The largest absolute Gasteiger partial charge is 0.339 e. The maximum atomic E-state index is 5.46. The van der Waals surface area contributed by atoms with E-state index in [1.54, 1.807) is 11.3 Å². The first-order valence-corrected chi connectivity index (χ1v) is 8.34. The van der Waals surface area contributed by atoms with Gasteiger partial charge in [0.25, 0.3) is 0 Å². The number of aromatic nitrogens is 2. The summed E-state index contributed by atoms with van der Waals surface area (Å²) in [7, 11) is 0. The third-order valence-corrected chi connectivity index (χ3v) is 5.46. The Labute approximate surface area is 122 Å². The SMILES string of the molecule is Cc1cscc1-c1noc(CC2CC3CCC(C2)N3)n1. The first-order valence-electron chi connectivity index (χ1n) is 7.39. The number of nitrogens with one attached hydrogen (secondary N) is 1. The molecule has 1 N–H and O–H groups in total. The van der Waals surface area contributed by atoms with Gasteiger partial charge in [0.15, 0.2) is 0 Å². The van der Waals surface area contributed by atoms with Crippen molar-refractivity contribution in [1.82, 2.24) is 15.5 Å². The normalized spacial score (nSPS) is 28.9. The Morgan fingerprint density at radius 1 is 1.30 bits per heavy atom. The molecule has 0 spiro atoms. The van der Waals surface area contributed by atoms with E-state index in [9.17, 15) is 0 Å². The number of hydrogen-bond acceptors (Lipinski definition) is 5. The van der Waals surface area contributed by atoms with Gasteiger partial charge in [0.2, 0.25) is 11.7 Å². The Morgan fingerprint density at radius 3 is 2.80 bits per heavy atom. The van der Waals surface area contributed by atoms with E-state index < -0.39 is 0 Å². The van der Waals surface area contributed by atoms with Gasteiger partial charge in [-0.1, -0.05) is 5.16 Å². The van der Waals surface area contributed by atoms with Crippen molar-refractivity contribution in [3.05, 3.63) is 22.2 Å². The van der Waals surface area contributed by atoms with Gasteiger partial charge in [-0.25, -0.2) is 0 Å². The van der Waals surface area contributed by atoms with Crippen molar-refractivity contribution in [3.63, 3.8) is 0 Å². The van der Waals surface area contributed by atoms with E-state index in [2.05, 4.69) is 33.1 Å². The van der Waals surface area contributed by atoms with Gasteiger partial charge >= 0.3 is 0 Å². The van der Waals surface area contributed by atoms with Crippen LogP contribution in [0.15, 0.2) is 15.3 Å². The summed E-state index contributed by atoms with van der Waals surface area (Å²) in [6.07, 6.45) is 6.12. The number of hydrogen-bond donors (Lipinski definition) is 1. The molecule has 2 aliphatic heterocycles. The molecule has 0 aliphatic carbocycles.